The van der Waals surface area contributed by atoms with Crippen molar-refractivity contribution in [1.82, 2.24) is 4.57 Å². The van der Waals surface area contributed by atoms with Crippen LogP contribution in [0, 0.1) is 0 Å². The summed E-state index contributed by atoms with van der Waals surface area (Å²) >= 11 is 2.73. The van der Waals surface area contributed by atoms with Crippen molar-refractivity contribution >= 4 is 44.8 Å². The Morgan fingerprint density at radius 2 is 2.12 bits per heavy atom. The number of amides is 1. The molecule has 0 saturated carbocycles. The number of hydrogen-bond donors (Lipinski definition) is 0. The van der Waals surface area contributed by atoms with Crippen molar-refractivity contribution in [2.24, 2.45) is 4.99 Å². The van der Waals surface area contributed by atoms with Crippen LogP contribution in [0.4, 0.5) is 0 Å². The van der Waals surface area contributed by atoms with E-state index in [4.69, 9.17) is 9.47 Å². The number of carbonyl (C=O) groups is 2. The molecular formula is C18H18N2O4S2. The number of hydrogen-bond acceptors (Lipinski definition) is 6. The number of carbonyl (C=O) groups excluding carboxylic acids is 2. The highest BCUT2D eigenvalue weighted by molar-refractivity contribution is 7.16. The minimum absolute atomic E-state index is 0.273. The number of aromatic nitrogens is 1. The second-order valence-electron chi connectivity index (χ2n) is 5.30. The Bertz CT molecular complexity index is 986. The molecule has 0 fully saturated rings. The van der Waals surface area contributed by atoms with Crippen LogP contribution in [0.25, 0.3) is 10.2 Å². The monoisotopic (exact) mass is 390 g/mol. The summed E-state index contributed by atoms with van der Waals surface area (Å²) in [5.74, 6) is -0.667. The number of benzene rings is 1. The molecular weight excluding hydrogens is 372 g/mol. The number of esters is 1. The van der Waals surface area contributed by atoms with E-state index >= 15 is 0 Å². The second kappa shape index (κ2) is 8.39. The van der Waals surface area contributed by atoms with Gasteiger partial charge in [0.05, 0.1) is 34.4 Å². The van der Waals surface area contributed by atoms with E-state index < -0.39 is 5.97 Å². The Morgan fingerprint density at radius 1 is 1.27 bits per heavy atom. The van der Waals surface area contributed by atoms with Crippen LogP contribution in [0.5, 0.6) is 0 Å². The molecule has 8 heteroatoms. The molecule has 0 saturated heterocycles. The highest BCUT2D eigenvalue weighted by Crippen LogP contribution is 2.20. The molecule has 6 nitrogen and oxygen atoms in total. The zero-order chi connectivity index (χ0) is 18.5. The number of rotatable bonds is 6. The maximum atomic E-state index is 12.4. The fraction of sp³-hybridized carbons (Fsp3) is 0.278. The summed E-state index contributed by atoms with van der Waals surface area (Å²) < 4.78 is 13.0. The summed E-state index contributed by atoms with van der Waals surface area (Å²) in [6, 6.07) is 8.90. The van der Waals surface area contributed by atoms with Gasteiger partial charge in [-0.1, -0.05) is 17.4 Å². The molecule has 0 atom stereocenters. The first kappa shape index (κ1) is 18.5. The number of nitrogens with zero attached hydrogens (tertiary/aromatic N) is 2. The topological polar surface area (TPSA) is 69.9 Å². The third-order valence-electron chi connectivity index (χ3n) is 3.70. The Kier molecular flexibility index (Phi) is 5.97. The van der Waals surface area contributed by atoms with Gasteiger partial charge in [0.2, 0.25) is 0 Å². The fourth-order valence-electron chi connectivity index (χ4n) is 2.46. The maximum Gasteiger partial charge on any atom is 0.337 e. The average Bonchev–Trinajstić information content (AvgIpc) is 3.29. The van der Waals surface area contributed by atoms with Gasteiger partial charge in [-0.25, -0.2) is 4.79 Å². The van der Waals surface area contributed by atoms with Crippen LogP contribution in [0.1, 0.15) is 27.0 Å². The Balaban J connectivity index is 2.08. The van der Waals surface area contributed by atoms with Crippen LogP contribution in [0.3, 0.4) is 0 Å². The van der Waals surface area contributed by atoms with E-state index in [1.54, 1.807) is 18.2 Å². The first-order valence-electron chi connectivity index (χ1n) is 8.06. The number of thiophene rings is 1. The van der Waals surface area contributed by atoms with Gasteiger partial charge in [-0.15, -0.1) is 11.3 Å². The molecule has 0 aliphatic heterocycles. The van der Waals surface area contributed by atoms with Crippen molar-refractivity contribution in [1.29, 1.82) is 0 Å². The molecule has 2 aromatic heterocycles. The van der Waals surface area contributed by atoms with Crippen molar-refractivity contribution in [2.75, 3.05) is 20.3 Å². The van der Waals surface area contributed by atoms with E-state index in [1.165, 1.54) is 29.8 Å². The largest absolute Gasteiger partial charge is 0.465 e. The molecule has 3 aromatic rings. The lowest BCUT2D eigenvalue weighted by atomic mass is 10.2. The lowest BCUT2D eigenvalue weighted by Gasteiger charge is -2.06. The zero-order valence-electron chi connectivity index (χ0n) is 14.4. The van der Waals surface area contributed by atoms with Gasteiger partial charge < -0.3 is 14.0 Å². The predicted octanol–water partition coefficient (Wildman–Crippen LogP) is 3.33. The summed E-state index contributed by atoms with van der Waals surface area (Å²) in [4.78, 5) is 29.6. The molecule has 2 heterocycles. The second-order valence-corrected chi connectivity index (χ2v) is 7.26. The van der Waals surface area contributed by atoms with Crippen LogP contribution in [0.15, 0.2) is 40.7 Å². The van der Waals surface area contributed by atoms with Crippen molar-refractivity contribution in [3.05, 3.63) is 51.0 Å². The van der Waals surface area contributed by atoms with Gasteiger partial charge >= 0.3 is 5.97 Å². The summed E-state index contributed by atoms with van der Waals surface area (Å²) in [6.07, 6.45) is 0. The van der Waals surface area contributed by atoms with Gasteiger partial charge in [-0.2, -0.15) is 4.99 Å². The first-order chi connectivity index (χ1) is 12.6. The SMILES string of the molecule is CCOCCn1c(=NC(=O)c2cccs2)sc2cc(C(=O)OC)ccc21. The predicted molar refractivity (Wildman–Crippen MR) is 102 cm³/mol. The lowest BCUT2D eigenvalue weighted by molar-refractivity contribution is 0.0600. The minimum Gasteiger partial charge on any atom is -0.465 e. The van der Waals surface area contributed by atoms with Crippen LogP contribution in [-0.2, 0) is 16.0 Å². The molecule has 0 bridgehead atoms. The van der Waals surface area contributed by atoms with Gasteiger partial charge in [0, 0.05) is 13.2 Å². The minimum atomic E-state index is -0.394. The number of thiazole rings is 1. The summed E-state index contributed by atoms with van der Waals surface area (Å²) in [5, 5.41) is 1.85. The number of ether oxygens (including phenoxy) is 2. The lowest BCUT2D eigenvalue weighted by Crippen LogP contribution is -2.19. The number of methoxy groups -OCH3 is 1. The average molecular weight is 390 g/mol. The molecule has 0 radical (unpaired) electrons. The third-order valence-corrected chi connectivity index (χ3v) is 5.60. The molecule has 1 amide bonds. The van der Waals surface area contributed by atoms with Crippen molar-refractivity contribution in [3.63, 3.8) is 0 Å². The first-order valence-corrected chi connectivity index (χ1v) is 9.75. The van der Waals surface area contributed by atoms with Gasteiger partial charge in [0.15, 0.2) is 4.80 Å². The van der Waals surface area contributed by atoms with Gasteiger partial charge in [0.25, 0.3) is 5.91 Å². The highest BCUT2D eigenvalue weighted by Gasteiger charge is 2.13. The molecule has 0 aliphatic carbocycles. The Labute approximate surface area is 158 Å². The van der Waals surface area contributed by atoms with E-state index in [1.807, 2.05) is 29.0 Å². The van der Waals surface area contributed by atoms with E-state index in [0.29, 0.717) is 35.0 Å². The van der Waals surface area contributed by atoms with E-state index in [2.05, 4.69) is 4.99 Å². The van der Waals surface area contributed by atoms with Crippen molar-refractivity contribution < 1.29 is 19.1 Å². The quantitative estimate of drug-likeness (QED) is 0.478. The smallest absolute Gasteiger partial charge is 0.337 e. The molecule has 3 rings (SSSR count). The molecule has 0 unspecified atom stereocenters. The van der Waals surface area contributed by atoms with Gasteiger partial charge in [0.1, 0.15) is 0 Å². The summed E-state index contributed by atoms with van der Waals surface area (Å²) in [7, 11) is 1.35. The molecule has 136 valence electrons. The Morgan fingerprint density at radius 3 is 2.81 bits per heavy atom. The molecule has 1 aromatic carbocycles. The summed E-state index contributed by atoms with van der Waals surface area (Å²) in [6.45, 7) is 3.64. The van der Waals surface area contributed by atoms with Crippen molar-refractivity contribution in [2.45, 2.75) is 13.5 Å². The maximum absolute atomic E-state index is 12.4. The van der Waals surface area contributed by atoms with E-state index in [-0.39, 0.29) is 5.91 Å². The molecule has 0 spiro atoms. The molecule has 0 N–H and O–H groups in total. The number of fused-ring (bicyclic) bond motifs is 1. The van der Waals surface area contributed by atoms with Gasteiger partial charge in [-0.05, 0) is 36.6 Å². The van der Waals surface area contributed by atoms with Crippen LogP contribution in [-0.4, -0.2) is 36.8 Å². The van der Waals surface area contributed by atoms with Crippen LogP contribution in [0.2, 0.25) is 0 Å². The molecule has 0 aliphatic rings. The standard InChI is InChI=1S/C18H18N2O4S2/c1-3-24-9-8-20-13-7-6-12(17(22)23-2)11-15(13)26-18(20)19-16(21)14-5-4-10-25-14/h4-7,10-11H,3,8-9H2,1-2H3. The Hall–Kier alpha value is -2.29. The third kappa shape index (κ3) is 3.92. The fourth-order valence-corrected chi connectivity index (χ4v) is 4.16. The summed E-state index contributed by atoms with van der Waals surface area (Å²) in [5.41, 5.74) is 1.37. The normalized spacial score (nSPS) is 11.8. The van der Waals surface area contributed by atoms with Crippen molar-refractivity contribution in [3.8, 4) is 0 Å². The highest BCUT2D eigenvalue weighted by atomic mass is 32.1. The van der Waals surface area contributed by atoms with Crippen LogP contribution < -0.4 is 4.80 Å². The zero-order valence-corrected chi connectivity index (χ0v) is 16.1. The molecule has 26 heavy (non-hydrogen) atoms. The van der Waals surface area contributed by atoms with E-state index in [0.717, 1.165) is 10.2 Å². The van der Waals surface area contributed by atoms with Crippen LogP contribution >= 0.6 is 22.7 Å². The van der Waals surface area contributed by atoms with Gasteiger partial charge in [-0.3, -0.25) is 4.79 Å². The van der Waals surface area contributed by atoms with E-state index in [9.17, 15) is 9.59 Å².